The first-order valence-electron chi connectivity index (χ1n) is 6.37. The number of aryl methyl sites for hydroxylation is 2. The monoisotopic (exact) mass is 237 g/mol. The van der Waals surface area contributed by atoms with Crippen LogP contribution in [-0.2, 0) is 0 Å². The van der Waals surface area contributed by atoms with Gasteiger partial charge in [-0.05, 0) is 50.8 Å². The van der Waals surface area contributed by atoms with E-state index in [1.54, 1.807) is 4.88 Å². The summed E-state index contributed by atoms with van der Waals surface area (Å²) in [5.74, 6) is 1.71. The first-order chi connectivity index (χ1) is 7.63. The molecule has 0 saturated heterocycles. The Hall–Kier alpha value is -0.340. The van der Waals surface area contributed by atoms with E-state index >= 15 is 0 Å². The molecule has 1 N–H and O–H groups in total. The standard InChI is InChI=1S/C14H23NS/c1-9-6-5-7-12(9)13(15-4)14-10(2)8-11(3)16-14/h8-9,12-13,15H,5-7H2,1-4H3. The number of rotatable bonds is 3. The smallest absolute Gasteiger partial charge is 0.0446 e. The molecule has 1 fully saturated rings. The maximum Gasteiger partial charge on any atom is 0.0446 e. The van der Waals surface area contributed by atoms with Gasteiger partial charge in [0.1, 0.15) is 0 Å². The van der Waals surface area contributed by atoms with Crippen LogP contribution >= 0.6 is 11.3 Å². The SMILES string of the molecule is CNC(c1sc(C)cc1C)C1CCCC1C. The van der Waals surface area contributed by atoms with E-state index in [0.717, 1.165) is 11.8 Å². The molecule has 1 saturated carbocycles. The average molecular weight is 237 g/mol. The predicted octanol–water partition coefficient (Wildman–Crippen LogP) is 4.06. The molecule has 0 amide bonds. The van der Waals surface area contributed by atoms with E-state index in [2.05, 4.69) is 39.2 Å². The molecule has 3 unspecified atom stereocenters. The minimum atomic E-state index is 0.580. The van der Waals surface area contributed by atoms with Crippen molar-refractivity contribution >= 4 is 11.3 Å². The third-order valence-electron chi connectivity index (χ3n) is 4.03. The van der Waals surface area contributed by atoms with Crippen molar-refractivity contribution in [3.05, 3.63) is 21.4 Å². The van der Waals surface area contributed by atoms with Crippen LogP contribution in [0.15, 0.2) is 6.07 Å². The largest absolute Gasteiger partial charge is 0.312 e. The molecule has 1 aromatic rings. The molecule has 0 aliphatic heterocycles. The van der Waals surface area contributed by atoms with Gasteiger partial charge in [-0.15, -0.1) is 11.3 Å². The maximum atomic E-state index is 3.56. The van der Waals surface area contributed by atoms with Gasteiger partial charge in [0.25, 0.3) is 0 Å². The molecule has 1 aliphatic rings. The Morgan fingerprint density at radius 1 is 1.38 bits per heavy atom. The van der Waals surface area contributed by atoms with E-state index in [9.17, 15) is 0 Å². The molecular weight excluding hydrogens is 214 g/mol. The van der Waals surface area contributed by atoms with Crippen molar-refractivity contribution in [1.29, 1.82) is 0 Å². The average Bonchev–Trinajstić information content (AvgIpc) is 2.77. The van der Waals surface area contributed by atoms with E-state index in [-0.39, 0.29) is 0 Å². The van der Waals surface area contributed by atoms with E-state index < -0.39 is 0 Å². The minimum absolute atomic E-state index is 0.580. The van der Waals surface area contributed by atoms with Crippen LogP contribution < -0.4 is 5.32 Å². The summed E-state index contributed by atoms with van der Waals surface area (Å²) in [6, 6.07) is 2.90. The van der Waals surface area contributed by atoms with Crippen LogP contribution in [0.5, 0.6) is 0 Å². The Kier molecular flexibility index (Phi) is 3.70. The second-order valence-corrected chi connectivity index (χ2v) is 6.53. The van der Waals surface area contributed by atoms with Gasteiger partial charge in [-0.2, -0.15) is 0 Å². The molecule has 90 valence electrons. The minimum Gasteiger partial charge on any atom is -0.312 e. The Bertz CT molecular complexity index is 356. The van der Waals surface area contributed by atoms with Crippen molar-refractivity contribution in [2.75, 3.05) is 7.05 Å². The van der Waals surface area contributed by atoms with Crippen LogP contribution in [0.1, 0.15) is 47.5 Å². The van der Waals surface area contributed by atoms with Gasteiger partial charge in [0.15, 0.2) is 0 Å². The van der Waals surface area contributed by atoms with Crippen molar-refractivity contribution in [2.45, 2.75) is 46.1 Å². The third-order valence-corrected chi connectivity index (χ3v) is 5.26. The molecule has 1 aliphatic carbocycles. The quantitative estimate of drug-likeness (QED) is 0.836. The molecule has 0 aromatic carbocycles. The Balaban J connectivity index is 2.25. The number of thiophene rings is 1. The summed E-state index contributed by atoms with van der Waals surface area (Å²) in [5.41, 5.74) is 1.47. The first-order valence-corrected chi connectivity index (χ1v) is 7.19. The number of nitrogens with one attached hydrogen (secondary N) is 1. The highest BCUT2D eigenvalue weighted by Crippen LogP contribution is 2.42. The van der Waals surface area contributed by atoms with Gasteiger partial charge < -0.3 is 5.32 Å². The topological polar surface area (TPSA) is 12.0 Å². The zero-order valence-electron chi connectivity index (χ0n) is 10.8. The summed E-state index contributed by atoms with van der Waals surface area (Å²) in [7, 11) is 2.12. The Morgan fingerprint density at radius 3 is 2.56 bits per heavy atom. The molecule has 0 radical (unpaired) electrons. The summed E-state index contributed by atoms with van der Waals surface area (Å²) in [4.78, 5) is 3.01. The van der Waals surface area contributed by atoms with Crippen LogP contribution in [0.3, 0.4) is 0 Å². The predicted molar refractivity (Wildman–Crippen MR) is 72.1 cm³/mol. The second kappa shape index (κ2) is 4.89. The van der Waals surface area contributed by atoms with E-state index in [0.29, 0.717) is 6.04 Å². The third kappa shape index (κ3) is 2.18. The summed E-state index contributed by atoms with van der Waals surface area (Å²) < 4.78 is 0. The zero-order valence-corrected chi connectivity index (χ0v) is 11.7. The van der Waals surface area contributed by atoms with Gasteiger partial charge in [0.05, 0.1) is 0 Å². The van der Waals surface area contributed by atoms with Crippen molar-refractivity contribution < 1.29 is 0 Å². The highest BCUT2D eigenvalue weighted by molar-refractivity contribution is 7.12. The maximum absolute atomic E-state index is 3.56. The summed E-state index contributed by atoms with van der Waals surface area (Å²) >= 11 is 1.97. The van der Waals surface area contributed by atoms with Gasteiger partial charge in [0, 0.05) is 15.8 Å². The second-order valence-electron chi connectivity index (χ2n) is 5.24. The summed E-state index contributed by atoms with van der Waals surface area (Å²) in [6.07, 6.45) is 4.21. The highest BCUT2D eigenvalue weighted by atomic mass is 32.1. The highest BCUT2D eigenvalue weighted by Gasteiger charge is 2.32. The van der Waals surface area contributed by atoms with E-state index in [1.165, 1.54) is 29.7 Å². The van der Waals surface area contributed by atoms with Crippen molar-refractivity contribution in [3.8, 4) is 0 Å². The van der Waals surface area contributed by atoms with Gasteiger partial charge in [-0.25, -0.2) is 0 Å². The zero-order chi connectivity index (χ0) is 11.7. The molecule has 1 heterocycles. The number of hydrogen-bond donors (Lipinski definition) is 1. The van der Waals surface area contributed by atoms with E-state index in [4.69, 9.17) is 0 Å². The van der Waals surface area contributed by atoms with Gasteiger partial charge in [-0.1, -0.05) is 19.8 Å². The van der Waals surface area contributed by atoms with Crippen LogP contribution in [-0.4, -0.2) is 7.05 Å². The van der Waals surface area contributed by atoms with Crippen LogP contribution in [0.25, 0.3) is 0 Å². The van der Waals surface area contributed by atoms with Crippen LogP contribution in [0.2, 0.25) is 0 Å². The lowest BCUT2D eigenvalue weighted by atomic mass is 9.88. The number of hydrogen-bond acceptors (Lipinski definition) is 2. The summed E-state index contributed by atoms with van der Waals surface area (Å²) in [6.45, 7) is 6.88. The van der Waals surface area contributed by atoms with Gasteiger partial charge >= 0.3 is 0 Å². The summed E-state index contributed by atoms with van der Waals surface area (Å²) in [5, 5.41) is 3.56. The molecule has 0 bridgehead atoms. The molecule has 3 atom stereocenters. The molecule has 0 spiro atoms. The fourth-order valence-corrected chi connectivity index (χ4v) is 4.40. The fourth-order valence-electron chi connectivity index (χ4n) is 3.18. The fraction of sp³-hybridized carbons (Fsp3) is 0.714. The first kappa shape index (κ1) is 12.1. The van der Waals surface area contributed by atoms with Crippen molar-refractivity contribution in [2.24, 2.45) is 11.8 Å². The van der Waals surface area contributed by atoms with Gasteiger partial charge in [-0.3, -0.25) is 0 Å². The molecule has 1 nitrogen and oxygen atoms in total. The lowest BCUT2D eigenvalue weighted by Gasteiger charge is -2.26. The molecule has 2 rings (SSSR count). The van der Waals surface area contributed by atoms with Crippen molar-refractivity contribution in [1.82, 2.24) is 5.32 Å². The Labute approximate surface area is 103 Å². The molecule has 2 heteroatoms. The van der Waals surface area contributed by atoms with Gasteiger partial charge in [0.2, 0.25) is 0 Å². The molecule has 1 aromatic heterocycles. The normalized spacial score (nSPS) is 27.2. The molecular formula is C14H23NS. The lowest BCUT2D eigenvalue weighted by molar-refractivity contribution is 0.318. The van der Waals surface area contributed by atoms with E-state index in [1.807, 2.05) is 11.3 Å². The molecule has 16 heavy (non-hydrogen) atoms. The lowest BCUT2D eigenvalue weighted by Crippen LogP contribution is -2.26. The van der Waals surface area contributed by atoms with Crippen LogP contribution in [0, 0.1) is 25.7 Å². The van der Waals surface area contributed by atoms with Crippen LogP contribution in [0.4, 0.5) is 0 Å². The van der Waals surface area contributed by atoms with Crippen molar-refractivity contribution in [3.63, 3.8) is 0 Å². The Morgan fingerprint density at radius 2 is 2.12 bits per heavy atom.